The first-order chi connectivity index (χ1) is 7.20. The first kappa shape index (κ1) is 13.0. The molecule has 0 radical (unpaired) electrons. The predicted molar refractivity (Wildman–Crippen MR) is 67.9 cm³/mol. The molecule has 0 aromatic carbocycles. The van der Waals surface area contributed by atoms with E-state index < -0.39 is 0 Å². The smallest absolute Gasteiger partial charge is 0.00672 e. The second-order valence-corrected chi connectivity index (χ2v) is 5.74. The first-order valence-electron chi connectivity index (χ1n) is 6.95. The summed E-state index contributed by atoms with van der Waals surface area (Å²) >= 11 is 0. The highest BCUT2D eigenvalue weighted by Crippen LogP contribution is 2.26. The van der Waals surface area contributed by atoms with Crippen LogP contribution in [-0.4, -0.2) is 6.04 Å². The third-order valence-corrected chi connectivity index (χ3v) is 3.83. The fourth-order valence-corrected chi connectivity index (χ4v) is 2.68. The van der Waals surface area contributed by atoms with E-state index in [9.17, 15) is 0 Å². The van der Waals surface area contributed by atoms with Crippen molar-refractivity contribution < 1.29 is 0 Å². The van der Waals surface area contributed by atoms with Crippen LogP contribution in [0.15, 0.2) is 0 Å². The number of nitrogens with two attached hydrogens (primary N) is 1. The van der Waals surface area contributed by atoms with Gasteiger partial charge < -0.3 is 5.73 Å². The molecule has 0 aliphatic heterocycles. The standard InChI is InChI=1S/C14H29N/c1-12(2)10-11-14(15)13-8-6-4-3-5-7-9-13/h12-14H,3-11,15H2,1-2H3. The van der Waals surface area contributed by atoms with Gasteiger partial charge in [0.1, 0.15) is 0 Å². The van der Waals surface area contributed by atoms with E-state index in [1.165, 1.54) is 57.8 Å². The quantitative estimate of drug-likeness (QED) is 0.744. The van der Waals surface area contributed by atoms with Crippen LogP contribution in [0.2, 0.25) is 0 Å². The van der Waals surface area contributed by atoms with Gasteiger partial charge in [0.25, 0.3) is 0 Å². The molecule has 1 heteroatoms. The summed E-state index contributed by atoms with van der Waals surface area (Å²) < 4.78 is 0. The Hall–Kier alpha value is -0.0400. The zero-order chi connectivity index (χ0) is 11.1. The summed E-state index contributed by atoms with van der Waals surface area (Å²) in [6.45, 7) is 4.59. The average molecular weight is 211 g/mol. The Morgan fingerprint density at radius 2 is 1.47 bits per heavy atom. The summed E-state index contributed by atoms with van der Waals surface area (Å²) in [6, 6.07) is 0.477. The Morgan fingerprint density at radius 1 is 0.933 bits per heavy atom. The van der Waals surface area contributed by atoms with Gasteiger partial charge in [-0.2, -0.15) is 0 Å². The summed E-state index contributed by atoms with van der Waals surface area (Å²) in [7, 11) is 0. The maximum Gasteiger partial charge on any atom is 0.00672 e. The molecule has 90 valence electrons. The van der Waals surface area contributed by atoms with Gasteiger partial charge in [0, 0.05) is 6.04 Å². The number of hydrogen-bond donors (Lipinski definition) is 1. The molecule has 1 nitrogen and oxygen atoms in total. The maximum absolute atomic E-state index is 6.32. The molecule has 2 N–H and O–H groups in total. The minimum atomic E-state index is 0.477. The highest BCUT2D eigenvalue weighted by atomic mass is 14.6. The highest BCUT2D eigenvalue weighted by Gasteiger charge is 2.18. The fraction of sp³-hybridized carbons (Fsp3) is 1.00. The van der Waals surface area contributed by atoms with Crippen molar-refractivity contribution in [3.63, 3.8) is 0 Å². The van der Waals surface area contributed by atoms with Crippen molar-refractivity contribution in [2.75, 3.05) is 0 Å². The third kappa shape index (κ3) is 5.55. The van der Waals surface area contributed by atoms with Crippen molar-refractivity contribution in [3.05, 3.63) is 0 Å². The van der Waals surface area contributed by atoms with E-state index in [-0.39, 0.29) is 0 Å². The normalized spacial score (nSPS) is 22.4. The third-order valence-electron chi connectivity index (χ3n) is 3.83. The number of rotatable bonds is 4. The summed E-state index contributed by atoms with van der Waals surface area (Å²) in [4.78, 5) is 0. The summed E-state index contributed by atoms with van der Waals surface area (Å²) in [6.07, 6.45) is 12.5. The lowest BCUT2D eigenvalue weighted by atomic mass is 9.84. The molecule has 0 bridgehead atoms. The Balaban J connectivity index is 2.25. The lowest BCUT2D eigenvalue weighted by Crippen LogP contribution is -2.31. The maximum atomic E-state index is 6.32. The van der Waals surface area contributed by atoms with Crippen LogP contribution < -0.4 is 5.73 Å². The molecule has 0 aromatic rings. The molecule has 0 saturated heterocycles. The van der Waals surface area contributed by atoms with Gasteiger partial charge in [-0.15, -0.1) is 0 Å². The van der Waals surface area contributed by atoms with Crippen LogP contribution >= 0.6 is 0 Å². The molecule has 0 heterocycles. The van der Waals surface area contributed by atoms with E-state index in [4.69, 9.17) is 5.73 Å². The average Bonchev–Trinajstić information content (AvgIpc) is 2.13. The van der Waals surface area contributed by atoms with Gasteiger partial charge in [0.05, 0.1) is 0 Å². The van der Waals surface area contributed by atoms with E-state index >= 15 is 0 Å². The molecule has 1 aliphatic carbocycles. The van der Waals surface area contributed by atoms with Gasteiger partial charge in [-0.05, 0) is 37.5 Å². The second kappa shape index (κ2) is 7.27. The van der Waals surface area contributed by atoms with Gasteiger partial charge in [-0.1, -0.05) is 46.0 Å². The first-order valence-corrected chi connectivity index (χ1v) is 6.95. The van der Waals surface area contributed by atoms with Crippen LogP contribution in [0.3, 0.4) is 0 Å². The molecule has 1 rings (SSSR count). The van der Waals surface area contributed by atoms with E-state index in [2.05, 4.69) is 13.8 Å². The number of hydrogen-bond acceptors (Lipinski definition) is 1. The minimum Gasteiger partial charge on any atom is -0.327 e. The molecule has 15 heavy (non-hydrogen) atoms. The molecule has 1 saturated carbocycles. The Morgan fingerprint density at radius 3 is 2.00 bits per heavy atom. The fourth-order valence-electron chi connectivity index (χ4n) is 2.68. The van der Waals surface area contributed by atoms with Crippen LogP contribution in [0.25, 0.3) is 0 Å². The van der Waals surface area contributed by atoms with Crippen LogP contribution in [0.1, 0.15) is 71.6 Å². The second-order valence-electron chi connectivity index (χ2n) is 5.74. The van der Waals surface area contributed by atoms with Gasteiger partial charge in [-0.25, -0.2) is 0 Å². The molecule has 1 fully saturated rings. The SMILES string of the molecule is CC(C)CCC(N)C1CCCCCCC1. The summed E-state index contributed by atoms with van der Waals surface area (Å²) in [5.74, 6) is 1.63. The van der Waals surface area contributed by atoms with Gasteiger partial charge in [-0.3, -0.25) is 0 Å². The van der Waals surface area contributed by atoms with Crippen LogP contribution in [-0.2, 0) is 0 Å². The van der Waals surface area contributed by atoms with Crippen molar-refractivity contribution in [1.29, 1.82) is 0 Å². The van der Waals surface area contributed by atoms with Crippen molar-refractivity contribution in [2.24, 2.45) is 17.6 Å². The van der Waals surface area contributed by atoms with E-state index in [0.29, 0.717) is 6.04 Å². The molecule has 1 aliphatic rings. The zero-order valence-electron chi connectivity index (χ0n) is 10.7. The molecule has 0 aromatic heterocycles. The lowest BCUT2D eigenvalue weighted by molar-refractivity contribution is 0.301. The Bertz CT molecular complexity index is 145. The Kier molecular flexibility index (Phi) is 6.31. The van der Waals surface area contributed by atoms with Crippen molar-refractivity contribution in [2.45, 2.75) is 77.7 Å². The highest BCUT2D eigenvalue weighted by molar-refractivity contribution is 4.75. The van der Waals surface area contributed by atoms with Gasteiger partial charge in [0.15, 0.2) is 0 Å². The monoisotopic (exact) mass is 211 g/mol. The molecular formula is C14H29N. The van der Waals surface area contributed by atoms with E-state index in [0.717, 1.165) is 11.8 Å². The summed E-state index contributed by atoms with van der Waals surface area (Å²) in [5.41, 5.74) is 6.32. The van der Waals surface area contributed by atoms with Crippen molar-refractivity contribution in [1.82, 2.24) is 0 Å². The molecule has 1 unspecified atom stereocenters. The predicted octanol–water partition coefficient (Wildman–Crippen LogP) is 4.11. The molecular weight excluding hydrogens is 182 g/mol. The van der Waals surface area contributed by atoms with Crippen LogP contribution in [0.4, 0.5) is 0 Å². The molecule has 0 amide bonds. The summed E-state index contributed by atoms with van der Waals surface area (Å²) in [5, 5.41) is 0. The minimum absolute atomic E-state index is 0.477. The topological polar surface area (TPSA) is 26.0 Å². The Labute approximate surface area is 95.8 Å². The van der Waals surface area contributed by atoms with Gasteiger partial charge >= 0.3 is 0 Å². The van der Waals surface area contributed by atoms with Gasteiger partial charge in [0.2, 0.25) is 0 Å². The van der Waals surface area contributed by atoms with Crippen LogP contribution in [0, 0.1) is 11.8 Å². The van der Waals surface area contributed by atoms with Crippen molar-refractivity contribution in [3.8, 4) is 0 Å². The lowest BCUT2D eigenvalue weighted by Gasteiger charge is -2.26. The van der Waals surface area contributed by atoms with Crippen molar-refractivity contribution >= 4 is 0 Å². The molecule has 0 spiro atoms. The molecule has 1 atom stereocenters. The zero-order valence-corrected chi connectivity index (χ0v) is 10.7. The van der Waals surface area contributed by atoms with E-state index in [1.54, 1.807) is 0 Å². The largest absolute Gasteiger partial charge is 0.327 e. The van der Waals surface area contributed by atoms with Crippen LogP contribution in [0.5, 0.6) is 0 Å². The van der Waals surface area contributed by atoms with E-state index in [1.807, 2.05) is 0 Å².